The van der Waals surface area contributed by atoms with Crippen LogP contribution in [0, 0.1) is 28.5 Å². The zero-order valence-electron chi connectivity index (χ0n) is 16.4. The Labute approximate surface area is 166 Å². The molecule has 158 valence electrons. The van der Waals surface area contributed by atoms with Gasteiger partial charge in [0, 0.05) is 18.7 Å². The fourth-order valence-corrected chi connectivity index (χ4v) is 4.22. The fraction of sp³-hybridized carbons (Fsp3) is 0.500. The largest absolute Gasteiger partial charge is 0.481 e. The molecule has 2 N–H and O–H groups in total. The van der Waals surface area contributed by atoms with E-state index in [0.717, 1.165) is 6.07 Å². The first-order valence-electron chi connectivity index (χ1n) is 8.89. The molecule has 2 rings (SSSR count). The van der Waals surface area contributed by atoms with Gasteiger partial charge in [0.15, 0.2) is 0 Å². The predicted molar refractivity (Wildman–Crippen MR) is 96.2 cm³/mol. The zero-order valence-corrected chi connectivity index (χ0v) is 16.4. The molecule has 0 bridgehead atoms. The van der Waals surface area contributed by atoms with Crippen molar-refractivity contribution in [2.75, 3.05) is 13.7 Å². The van der Waals surface area contributed by atoms with E-state index in [-0.39, 0.29) is 17.7 Å². The summed E-state index contributed by atoms with van der Waals surface area (Å²) in [5.41, 5.74) is -2.90. The molecule has 0 radical (unpaired) electrons. The van der Waals surface area contributed by atoms with Crippen LogP contribution >= 0.6 is 0 Å². The van der Waals surface area contributed by atoms with Crippen molar-refractivity contribution in [1.29, 1.82) is 5.26 Å². The van der Waals surface area contributed by atoms with Crippen molar-refractivity contribution in [3.8, 4) is 6.07 Å². The normalized spacial score (nSPS) is 25.0. The monoisotopic (exact) mass is 414 g/mol. The first kappa shape index (κ1) is 22.7. The van der Waals surface area contributed by atoms with E-state index < -0.39 is 46.8 Å². The lowest BCUT2D eigenvalue weighted by Gasteiger charge is -2.49. The van der Waals surface area contributed by atoms with E-state index in [4.69, 9.17) is 4.74 Å². The highest BCUT2D eigenvalue weighted by Crippen LogP contribution is 2.53. The molecular weight excluding hydrogens is 392 g/mol. The molecule has 0 aliphatic carbocycles. The number of nitrogens with one attached hydrogen (secondary N) is 1. The molecule has 0 spiro atoms. The Morgan fingerprint density at radius 3 is 2.45 bits per heavy atom. The highest BCUT2D eigenvalue weighted by atomic mass is 19.4. The Morgan fingerprint density at radius 2 is 2.03 bits per heavy atom. The number of carbonyl (C=O) groups is 1. The van der Waals surface area contributed by atoms with Crippen molar-refractivity contribution in [1.82, 2.24) is 5.32 Å². The second-order valence-corrected chi connectivity index (χ2v) is 7.36. The lowest BCUT2D eigenvalue weighted by Crippen LogP contribution is -2.61. The molecule has 1 aliphatic rings. The number of hydrogen-bond acceptors (Lipinski definition) is 4. The van der Waals surface area contributed by atoms with E-state index in [2.05, 4.69) is 5.32 Å². The Kier molecular flexibility index (Phi) is 6.28. The number of halogens is 4. The molecule has 0 aromatic heterocycles. The third kappa shape index (κ3) is 3.69. The van der Waals surface area contributed by atoms with Gasteiger partial charge in [0.1, 0.15) is 11.2 Å². The number of hydrogen-bond donors (Lipinski definition) is 2. The topological polar surface area (TPSA) is 82.3 Å². The van der Waals surface area contributed by atoms with Gasteiger partial charge in [-0.3, -0.25) is 4.79 Å². The SMILES string of the molecule is COCC1NC(C)=C(C#N)C(c2ccc(C(F)(F)F)cc2F)C1(C(=O)O)C(C)C. The summed E-state index contributed by atoms with van der Waals surface area (Å²) in [6.07, 6.45) is -4.75. The van der Waals surface area contributed by atoms with Crippen molar-refractivity contribution in [3.05, 3.63) is 46.4 Å². The lowest BCUT2D eigenvalue weighted by atomic mass is 9.57. The van der Waals surface area contributed by atoms with Gasteiger partial charge >= 0.3 is 12.1 Å². The standard InChI is InChI=1S/C20H22F4N2O3/c1-10(2)19(18(27)28)16(9-29-4)26-11(3)14(8-25)17(19)13-6-5-12(7-15(13)21)20(22,23)24/h5-7,10,16-17,26H,9H2,1-4H3,(H,27,28). The van der Waals surface area contributed by atoms with E-state index in [9.17, 15) is 32.7 Å². The van der Waals surface area contributed by atoms with Crippen LogP contribution in [0.5, 0.6) is 0 Å². The first-order chi connectivity index (χ1) is 13.4. The second-order valence-electron chi connectivity index (χ2n) is 7.36. The van der Waals surface area contributed by atoms with E-state index in [0.29, 0.717) is 17.8 Å². The summed E-state index contributed by atoms with van der Waals surface area (Å²) in [7, 11) is 1.38. The first-order valence-corrected chi connectivity index (χ1v) is 8.89. The van der Waals surface area contributed by atoms with Gasteiger partial charge in [-0.25, -0.2) is 4.39 Å². The van der Waals surface area contributed by atoms with Crippen molar-refractivity contribution in [2.24, 2.45) is 11.3 Å². The minimum absolute atomic E-state index is 0.0351. The van der Waals surface area contributed by atoms with Crippen molar-refractivity contribution < 1.29 is 32.2 Å². The summed E-state index contributed by atoms with van der Waals surface area (Å²) < 4.78 is 59.0. The number of nitrogens with zero attached hydrogens (tertiary/aromatic N) is 1. The molecule has 29 heavy (non-hydrogen) atoms. The van der Waals surface area contributed by atoms with Gasteiger partial charge in [0.25, 0.3) is 0 Å². The highest BCUT2D eigenvalue weighted by molar-refractivity contribution is 5.80. The fourth-order valence-electron chi connectivity index (χ4n) is 4.22. The summed E-state index contributed by atoms with van der Waals surface area (Å²) in [5.74, 6) is -4.43. The van der Waals surface area contributed by atoms with Crippen LogP contribution in [0.3, 0.4) is 0 Å². The van der Waals surface area contributed by atoms with Crippen molar-refractivity contribution in [2.45, 2.75) is 38.9 Å². The van der Waals surface area contributed by atoms with Crippen LogP contribution in [-0.2, 0) is 15.7 Å². The summed E-state index contributed by atoms with van der Waals surface area (Å²) >= 11 is 0. The molecular formula is C20H22F4N2O3. The van der Waals surface area contributed by atoms with E-state index in [1.54, 1.807) is 20.8 Å². The van der Waals surface area contributed by atoms with E-state index in [1.807, 2.05) is 6.07 Å². The Morgan fingerprint density at radius 1 is 1.41 bits per heavy atom. The molecule has 1 aliphatic heterocycles. The second kappa shape index (κ2) is 8.03. The molecule has 1 aromatic carbocycles. The van der Waals surface area contributed by atoms with Crippen molar-refractivity contribution in [3.63, 3.8) is 0 Å². The average molecular weight is 414 g/mol. The smallest absolute Gasteiger partial charge is 0.416 e. The maximum atomic E-state index is 14.9. The predicted octanol–water partition coefficient (Wildman–Crippen LogP) is 4.07. The van der Waals surface area contributed by atoms with E-state index >= 15 is 0 Å². The highest BCUT2D eigenvalue weighted by Gasteiger charge is 2.59. The van der Waals surface area contributed by atoms with Gasteiger partial charge in [0.05, 0.1) is 29.9 Å². The number of aliphatic carboxylic acids is 1. The van der Waals surface area contributed by atoms with E-state index in [1.165, 1.54) is 7.11 Å². The Balaban J connectivity index is 2.86. The number of carboxylic acid groups (broad SMARTS) is 1. The third-order valence-corrected chi connectivity index (χ3v) is 5.56. The van der Waals surface area contributed by atoms with Crippen LogP contribution in [0.25, 0.3) is 0 Å². The van der Waals surface area contributed by atoms with Crippen molar-refractivity contribution >= 4 is 5.97 Å². The van der Waals surface area contributed by atoms with Crippen LogP contribution in [0.4, 0.5) is 17.6 Å². The molecule has 3 unspecified atom stereocenters. The number of benzene rings is 1. The number of carboxylic acids is 1. The summed E-state index contributed by atoms with van der Waals surface area (Å²) in [5, 5.41) is 22.9. The molecule has 3 atom stereocenters. The lowest BCUT2D eigenvalue weighted by molar-refractivity contribution is -0.158. The van der Waals surface area contributed by atoms with Gasteiger partial charge in [-0.2, -0.15) is 18.4 Å². The van der Waals surface area contributed by atoms with Gasteiger partial charge < -0.3 is 15.2 Å². The van der Waals surface area contributed by atoms with Crippen LogP contribution in [-0.4, -0.2) is 30.8 Å². The summed E-state index contributed by atoms with van der Waals surface area (Å²) in [4.78, 5) is 12.6. The molecule has 9 heteroatoms. The number of rotatable bonds is 5. The molecule has 0 saturated heterocycles. The average Bonchev–Trinajstić information content (AvgIpc) is 2.60. The van der Waals surface area contributed by atoms with Crippen LogP contribution < -0.4 is 5.32 Å². The summed E-state index contributed by atoms with van der Waals surface area (Å²) in [6, 6.07) is 3.04. The zero-order chi connectivity index (χ0) is 22.1. The minimum atomic E-state index is -4.75. The Bertz CT molecular complexity index is 873. The van der Waals surface area contributed by atoms with Gasteiger partial charge in [-0.1, -0.05) is 19.9 Å². The maximum Gasteiger partial charge on any atom is 0.416 e. The van der Waals surface area contributed by atoms with Gasteiger partial charge in [0.2, 0.25) is 0 Å². The number of alkyl halides is 3. The molecule has 1 heterocycles. The summed E-state index contributed by atoms with van der Waals surface area (Å²) in [6.45, 7) is 4.72. The minimum Gasteiger partial charge on any atom is -0.481 e. The molecule has 5 nitrogen and oxygen atoms in total. The third-order valence-electron chi connectivity index (χ3n) is 5.56. The molecule has 1 aromatic rings. The molecule has 0 saturated carbocycles. The Hall–Kier alpha value is -2.60. The number of methoxy groups -OCH3 is 1. The van der Waals surface area contributed by atoms with Crippen LogP contribution in [0.1, 0.15) is 37.8 Å². The quantitative estimate of drug-likeness (QED) is 0.710. The number of ether oxygens (including phenoxy) is 1. The maximum absolute atomic E-state index is 14.9. The van der Waals surface area contributed by atoms with Gasteiger partial charge in [-0.15, -0.1) is 0 Å². The number of allylic oxidation sites excluding steroid dienone is 2. The van der Waals surface area contributed by atoms with Gasteiger partial charge in [-0.05, 0) is 30.5 Å². The van der Waals surface area contributed by atoms with Crippen LogP contribution in [0.15, 0.2) is 29.5 Å². The van der Waals surface area contributed by atoms with Crippen LogP contribution in [0.2, 0.25) is 0 Å². The number of nitriles is 1. The molecule has 0 amide bonds. The molecule has 0 fully saturated rings.